The normalized spacial score (nSPS) is 6.58. The Balaban J connectivity index is -0.0000000221. The molecule has 0 aromatic carbocycles. The van der Waals surface area contributed by atoms with Crippen LogP contribution in [0.25, 0.3) is 0 Å². The van der Waals surface area contributed by atoms with Crippen LogP contribution in [0, 0.1) is 0 Å². The molecule has 2 radical (unpaired) electrons. The Morgan fingerprint density at radius 1 is 1.25 bits per heavy atom. The summed E-state index contributed by atoms with van der Waals surface area (Å²) < 4.78 is 8.55. The van der Waals surface area contributed by atoms with Crippen LogP contribution < -0.4 is 33.5 Å². The second-order valence-corrected chi connectivity index (χ2v) is 1.66. The summed E-state index contributed by atoms with van der Waals surface area (Å²) >= 11 is 0. The molecule has 0 aliphatic heterocycles. The van der Waals surface area contributed by atoms with Crippen LogP contribution in [0.1, 0.15) is 0 Å². The second-order valence-electron chi connectivity index (χ2n) is 0.769. The number of rotatable bonds is 1. The summed E-state index contributed by atoms with van der Waals surface area (Å²) in [5, 5.41) is 0. The van der Waals surface area contributed by atoms with Gasteiger partial charge in [-0.25, -0.2) is 12.7 Å². The molecule has 0 unspecified atom stereocenters. The summed E-state index contributed by atoms with van der Waals surface area (Å²) in [7, 11) is -5.39. The molecule has 0 aliphatic carbocycles. The Morgan fingerprint density at radius 2 is 1.33 bits per heavy atom. The quantitative estimate of drug-likeness (QED) is 0.204. The number of hydrogen-bond acceptors (Lipinski definition) is 5. The van der Waals surface area contributed by atoms with Crippen LogP contribution in [-0.4, -0.2) is 6.29 Å². The third-order valence-electron chi connectivity index (χ3n) is 0.0833. The third-order valence-corrected chi connectivity index (χ3v) is 0.0833. The van der Waals surface area contributed by atoms with Crippen molar-refractivity contribution in [2.75, 3.05) is 0 Å². The molecule has 0 aromatic heterocycles. The zero-order valence-corrected chi connectivity index (χ0v) is 9.28. The molecule has 0 saturated carbocycles. The SMILES string of the molecule is C=C[C-]=O.O=P([O-])([O-])[O-].[Li+].[Mn+2].[Mn+2]. The molecule has 12 heavy (non-hydrogen) atoms. The molecular weight excluding hydrogens is 264 g/mol. The summed E-state index contributed by atoms with van der Waals surface area (Å²) in [6, 6.07) is 0. The maximum Gasteiger partial charge on any atom is 2.00 e. The van der Waals surface area contributed by atoms with Gasteiger partial charge in [0.2, 0.25) is 0 Å². The summed E-state index contributed by atoms with van der Waals surface area (Å²) in [5.74, 6) is 0. The zero-order valence-electron chi connectivity index (χ0n) is 6.03. The van der Waals surface area contributed by atoms with Crippen LogP contribution in [0.4, 0.5) is 0 Å². The Labute approximate surface area is 103 Å². The van der Waals surface area contributed by atoms with Crippen molar-refractivity contribution in [3.05, 3.63) is 12.7 Å². The van der Waals surface area contributed by atoms with E-state index in [-0.39, 0.29) is 53.0 Å². The minimum absolute atomic E-state index is 0. The van der Waals surface area contributed by atoms with Crippen molar-refractivity contribution < 1.29 is 77.0 Å². The standard InChI is InChI=1S/C3H3O.Li.2Mn.H3O4P/c1-2-3-4;;;;1-5(2,3)4/h2H,1H2;;;;(H3,1,2,3,4)/q-1;+1;2*+2;/p-3. The molecule has 0 fully saturated rings. The number of carbonyl (C=O) groups excluding carboxylic acids is 1. The first-order valence-corrected chi connectivity index (χ1v) is 3.09. The van der Waals surface area contributed by atoms with Crippen molar-refractivity contribution in [2.24, 2.45) is 0 Å². The van der Waals surface area contributed by atoms with E-state index in [0.717, 1.165) is 6.08 Å². The fraction of sp³-hybridized carbons (Fsp3) is 0. The molecule has 0 saturated heterocycles. The molecular formula is C3H3LiMn2O5P+. The summed E-state index contributed by atoms with van der Waals surface area (Å²) in [6.07, 6.45) is 2.51. The van der Waals surface area contributed by atoms with Gasteiger partial charge in [-0.3, -0.25) is 0 Å². The van der Waals surface area contributed by atoms with Gasteiger partial charge in [-0.1, -0.05) is 0 Å². The largest absolute Gasteiger partial charge is 2.00 e. The molecule has 9 heteroatoms. The van der Waals surface area contributed by atoms with Gasteiger partial charge in [-0.05, 0) is 6.29 Å². The molecule has 0 amide bonds. The molecule has 5 nitrogen and oxygen atoms in total. The van der Waals surface area contributed by atoms with Crippen molar-refractivity contribution in [3.63, 3.8) is 0 Å². The molecule has 0 atom stereocenters. The molecule has 0 aliphatic rings. The first kappa shape index (κ1) is 29.2. The van der Waals surface area contributed by atoms with Gasteiger partial charge in [-0.15, -0.1) is 0 Å². The predicted molar refractivity (Wildman–Crippen MR) is 23.5 cm³/mol. The molecule has 0 aromatic rings. The predicted octanol–water partition coefficient (Wildman–Crippen LogP) is -5.54. The average Bonchev–Trinajstić information content (AvgIpc) is 1.61. The van der Waals surface area contributed by atoms with Crippen molar-refractivity contribution in [2.45, 2.75) is 0 Å². The fourth-order valence-corrected chi connectivity index (χ4v) is 0. The van der Waals surface area contributed by atoms with Crippen molar-refractivity contribution in [1.82, 2.24) is 0 Å². The summed E-state index contributed by atoms with van der Waals surface area (Å²) in [4.78, 5) is 34.6. The van der Waals surface area contributed by atoms with Crippen molar-refractivity contribution in [3.8, 4) is 0 Å². The number of hydrogen-bond donors (Lipinski definition) is 0. The first-order chi connectivity index (χ1) is 3.91. The van der Waals surface area contributed by atoms with Gasteiger partial charge >= 0.3 is 53.0 Å². The number of allylic oxidation sites excluding steroid dienone is 1. The Bertz CT molecular complexity index is 122. The molecule has 0 rings (SSSR count). The maximum absolute atomic E-state index is 8.93. The van der Waals surface area contributed by atoms with Gasteiger partial charge in [0.25, 0.3) is 0 Å². The maximum atomic E-state index is 8.93. The number of phosphoric acid groups is 1. The van der Waals surface area contributed by atoms with E-state index in [1.54, 1.807) is 0 Å². The van der Waals surface area contributed by atoms with Crippen molar-refractivity contribution >= 4 is 14.1 Å². The van der Waals surface area contributed by atoms with E-state index < -0.39 is 7.82 Å². The van der Waals surface area contributed by atoms with E-state index in [9.17, 15) is 0 Å². The molecule has 0 bridgehead atoms. The molecule has 0 spiro atoms. The Kier molecular flexibility index (Phi) is 44.0. The van der Waals surface area contributed by atoms with Gasteiger partial charge in [0, 0.05) is 0 Å². The van der Waals surface area contributed by atoms with Gasteiger partial charge in [0.1, 0.15) is 0 Å². The van der Waals surface area contributed by atoms with Crippen LogP contribution in [0.3, 0.4) is 0 Å². The summed E-state index contributed by atoms with van der Waals surface area (Å²) in [6.45, 7) is 3.06. The van der Waals surface area contributed by atoms with Gasteiger partial charge < -0.3 is 24.0 Å². The Morgan fingerprint density at radius 3 is 1.33 bits per heavy atom. The molecule has 0 N–H and O–H groups in total. The van der Waals surface area contributed by atoms with Gasteiger partial charge in [-0.2, -0.15) is 7.82 Å². The topological polar surface area (TPSA) is 103 Å². The van der Waals surface area contributed by atoms with E-state index in [0.29, 0.717) is 0 Å². The van der Waals surface area contributed by atoms with E-state index in [4.69, 9.17) is 24.0 Å². The smallest absolute Gasteiger partial charge is 0.822 e. The van der Waals surface area contributed by atoms with E-state index in [1.165, 1.54) is 6.29 Å². The second kappa shape index (κ2) is 18.0. The fourth-order valence-electron chi connectivity index (χ4n) is 0. The van der Waals surface area contributed by atoms with Crippen LogP contribution >= 0.6 is 7.82 Å². The van der Waals surface area contributed by atoms with Crippen molar-refractivity contribution in [1.29, 1.82) is 0 Å². The average molecular weight is 267 g/mol. The molecule has 64 valence electrons. The monoisotopic (exact) mass is 267 g/mol. The third kappa shape index (κ3) is 247. The summed E-state index contributed by atoms with van der Waals surface area (Å²) in [5.41, 5.74) is 0. The van der Waals surface area contributed by atoms with Crippen LogP contribution in [0.2, 0.25) is 0 Å². The van der Waals surface area contributed by atoms with Crippen LogP contribution in [0.5, 0.6) is 0 Å². The zero-order chi connectivity index (χ0) is 7.91. The minimum Gasteiger partial charge on any atom is -0.822 e. The van der Waals surface area contributed by atoms with Crippen LogP contribution in [0.15, 0.2) is 12.7 Å². The minimum atomic E-state index is -5.39. The van der Waals surface area contributed by atoms with Gasteiger partial charge in [0.05, 0.1) is 0 Å². The Hall–Kier alpha value is 1.16. The van der Waals surface area contributed by atoms with E-state index in [2.05, 4.69) is 6.58 Å². The first-order valence-electron chi connectivity index (χ1n) is 1.63. The van der Waals surface area contributed by atoms with Crippen LogP contribution in [-0.2, 0) is 43.5 Å². The molecule has 0 heterocycles. The van der Waals surface area contributed by atoms with E-state index in [1.807, 2.05) is 0 Å². The van der Waals surface area contributed by atoms with Gasteiger partial charge in [0.15, 0.2) is 0 Å². The van der Waals surface area contributed by atoms with E-state index >= 15 is 0 Å².